The fourth-order valence-corrected chi connectivity index (χ4v) is 4.93. The summed E-state index contributed by atoms with van der Waals surface area (Å²) in [5.41, 5.74) is 1.15. The maximum absolute atomic E-state index is 12.8. The van der Waals surface area contributed by atoms with Crippen LogP contribution in [0, 0.1) is 5.92 Å². The predicted molar refractivity (Wildman–Crippen MR) is 115 cm³/mol. The molecule has 1 aromatic heterocycles. The van der Waals surface area contributed by atoms with E-state index in [0.717, 1.165) is 18.4 Å². The Labute approximate surface area is 181 Å². The lowest BCUT2D eigenvalue weighted by Gasteiger charge is -2.29. The Balaban J connectivity index is 1.37. The van der Waals surface area contributed by atoms with Gasteiger partial charge in [-0.25, -0.2) is 18.2 Å². The zero-order valence-electron chi connectivity index (χ0n) is 17.2. The molecule has 0 atom stereocenters. The molecule has 0 saturated carbocycles. The lowest BCUT2D eigenvalue weighted by Crippen LogP contribution is -2.37. The van der Waals surface area contributed by atoms with E-state index in [2.05, 4.69) is 11.9 Å². The number of carbonyl (C=O) groups is 1. The van der Waals surface area contributed by atoms with E-state index in [-0.39, 0.29) is 23.0 Å². The van der Waals surface area contributed by atoms with Crippen LogP contribution in [0.25, 0.3) is 11.3 Å². The zero-order chi connectivity index (χ0) is 21.8. The van der Waals surface area contributed by atoms with Crippen LogP contribution in [0.5, 0.6) is 0 Å². The highest BCUT2D eigenvalue weighted by atomic mass is 32.2. The van der Waals surface area contributed by atoms with E-state index in [0.29, 0.717) is 24.8 Å². The molecular formula is C23H24N2O5S. The summed E-state index contributed by atoms with van der Waals surface area (Å²) in [7, 11) is -3.55. The fourth-order valence-electron chi connectivity index (χ4n) is 3.46. The largest absolute Gasteiger partial charge is 0.452 e. The van der Waals surface area contributed by atoms with Gasteiger partial charge in [0.1, 0.15) is 0 Å². The minimum Gasteiger partial charge on any atom is -0.452 e. The molecule has 31 heavy (non-hydrogen) atoms. The van der Waals surface area contributed by atoms with Gasteiger partial charge in [-0.2, -0.15) is 4.31 Å². The number of hydrogen-bond donors (Lipinski definition) is 0. The lowest BCUT2D eigenvalue weighted by molar-refractivity contribution is 0.0439. The maximum Gasteiger partial charge on any atom is 0.338 e. The van der Waals surface area contributed by atoms with Gasteiger partial charge in [-0.1, -0.05) is 37.3 Å². The molecule has 0 N–H and O–H groups in total. The van der Waals surface area contributed by atoms with Crippen molar-refractivity contribution in [3.05, 3.63) is 72.2 Å². The third-order valence-corrected chi connectivity index (χ3v) is 7.32. The first-order valence-corrected chi connectivity index (χ1v) is 11.6. The van der Waals surface area contributed by atoms with Crippen LogP contribution >= 0.6 is 0 Å². The summed E-state index contributed by atoms with van der Waals surface area (Å²) < 4.78 is 38.0. The topological polar surface area (TPSA) is 89.7 Å². The normalized spacial score (nSPS) is 15.6. The smallest absolute Gasteiger partial charge is 0.338 e. The number of benzene rings is 2. The molecule has 1 aliphatic rings. The molecule has 1 aliphatic heterocycles. The van der Waals surface area contributed by atoms with Gasteiger partial charge in [0.05, 0.1) is 16.7 Å². The molecule has 0 spiro atoms. The Morgan fingerprint density at radius 1 is 1.10 bits per heavy atom. The number of nitrogens with zero attached hydrogens (tertiary/aromatic N) is 2. The average Bonchev–Trinajstić information content (AvgIpc) is 3.27. The summed E-state index contributed by atoms with van der Waals surface area (Å²) in [6, 6.07) is 15.3. The van der Waals surface area contributed by atoms with Crippen LogP contribution in [0.1, 0.15) is 36.0 Å². The van der Waals surface area contributed by atoms with Gasteiger partial charge in [0, 0.05) is 18.7 Å². The summed E-state index contributed by atoms with van der Waals surface area (Å²) in [4.78, 5) is 16.7. The van der Waals surface area contributed by atoms with Crippen molar-refractivity contribution in [2.75, 3.05) is 13.1 Å². The van der Waals surface area contributed by atoms with Gasteiger partial charge >= 0.3 is 5.97 Å². The Morgan fingerprint density at radius 3 is 2.45 bits per heavy atom. The van der Waals surface area contributed by atoms with Gasteiger partial charge in [0.25, 0.3) is 0 Å². The second-order valence-corrected chi connectivity index (χ2v) is 9.61. The minimum atomic E-state index is -3.55. The minimum absolute atomic E-state index is 0.113. The SMILES string of the molecule is CC1CCN(S(=O)(=O)c2ccc(C(=O)OCc3ncc(-c4ccccc4)o3)cc2)CC1. The van der Waals surface area contributed by atoms with E-state index in [1.165, 1.54) is 28.6 Å². The zero-order valence-corrected chi connectivity index (χ0v) is 18.0. The third kappa shape index (κ3) is 4.86. The molecule has 8 heteroatoms. The second kappa shape index (κ2) is 9.03. The summed E-state index contributed by atoms with van der Waals surface area (Å²) in [5, 5.41) is 0. The molecule has 0 aliphatic carbocycles. The number of esters is 1. The number of ether oxygens (including phenoxy) is 1. The van der Waals surface area contributed by atoms with Crippen LogP contribution in [-0.4, -0.2) is 36.8 Å². The molecule has 0 amide bonds. The van der Waals surface area contributed by atoms with E-state index in [1.807, 2.05) is 30.3 Å². The first-order chi connectivity index (χ1) is 14.9. The summed E-state index contributed by atoms with van der Waals surface area (Å²) in [6.07, 6.45) is 3.30. The van der Waals surface area contributed by atoms with Crippen LogP contribution in [-0.2, 0) is 21.4 Å². The van der Waals surface area contributed by atoms with E-state index in [1.54, 1.807) is 6.20 Å². The molecule has 1 fully saturated rings. The van der Waals surface area contributed by atoms with Gasteiger partial charge < -0.3 is 9.15 Å². The Bertz CT molecular complexity index is 1130. The van der Waals surface area contributed by atoms with Gasteiger partial charge in [-0.05, 0) is 43.0 Å². The molecule has 2 heterocycles. The van der Waals surface area contributed by atoms with Crippen molar-refractivity contribution < 1.29 is 22.4 Å². The Kier molecular flexibility index (Phi) is 6.20. The molecule has 3 aromatic rings. The maximum atomic E-state index is 12.8. The van der Waals surface area contributed by atoms with E-state index in [4.69, 9.17) is 9.15 Å². The Morgan fingerprint density at radius 2 is 1.77 bits per heavy atom. The van der Waals surface area contributed by atoms with Gasteiger partial charge in [-0.3, -0.25) is 0 Å². The van der Waals surface area contributed by atoms with Crippen molar-refractivity contribution in [1.29, 1.82) is 0 Å². The number of oxazole rings is 1. The second-order valence-electron chi connectivity index (χ2n) is 7.67. The molecule has 0 radical (unpaired) electrons. The van der Waals surface area contributed by atoms with Crippen molar-refractivity contribution >= 4 is 16.0 Å². The molecule has 7 nitrogen and oxygen atoms in total. The van der Waals surface area contributed by atoms with Crippen LogP contribution in [0.3, 0.4) is 0 Å². The molecule has 0 bridgehead atoms. The number of rotatable bonds is 6. The standard InChI is InChI=1S/C23H24N2O5S/c1-17-11-13-25(14-12-17)31(27,28)20-9-7-19(8-10-20)23(26)29-16-22-24-15-21(30-22)18-5-3-2-4-6-18/h2-10,15,17H,11-14,16H2,1H3. The number of hydrogen-bond acceptors (Lipinski definition) is 6. The fraction of sp³-hybridized carbons (Fsp3) is 0.304. The van der Waals surface area contributed by atoms with Crippen LogP contribution in [0.4, 0.5) is 0 Å². The van der Waals surface area contributed by atoms with E-state index < -0.39 is 16.0 Å². The quantitative estimate of drug-likeness (QED) is 0.536. The van der Waals surface area contributed by atoms with Crippen molar-refractivity contribution in [1.82, 2.24) is 9.29 Å². The molecule has 2 aromatic carbocycles. The number of sulfonamides is 1. The van der Waals surface area contributed by atoms with Gasteiger partial charge in [-0.15, -0.1) is 0 Å². The Hall–Kier alpha value is -2.97. The van der Waals surface area contributed by atoms with Gasteiger partial charge in [0.2, 0.25) is 15.9 Å². The number of aromatic nitrogens is 1. The number of carbonyl (C=O) groups excluding carboxylic acids is 1. The van der Waals surface area contributed by atoms with Crippen molar-refractivity contribution in [3.8, 4) is 11.3 Å². The highest BCUT2D eigenvalue weighted by molar-refractivity contribution is 7.89. The summed E-state index contributed by atoms with van der Waals surface area (Å²) >= 11 is 0. The number of piperidine rings is 1. The summed E-state index contributed by atoms with van der Waals surface area (Å²) in [6.45, 7) is 3.06. The van der Waals surface area contributed by atoms with E-state index in [9.17, 15) is 13.2 Å². The van der Waals surface area contributed by atoms with Crippen molar-refractivity contribution in [3.63, 3.8) is 0 Å². The van der Waals surface area contributed by atoms with Crippen molar-refractivity contribution in [2.24, 2.45) is 5.92 Å². The predicted octanol–water partition coefficient (Wildman–Crippen LogP) is 4.12. The first-order valence-electron chi connectivity index (χ1n) is 10.2. The van der Waals surface area contributed by atoms with Crippen molar-refractivity contribution in [2.45, 2.75) is 31.3 Å². The first kappa shape index (κ1) is 21.3. The van der Waals surface area contributed by atoms with Crippen LogP contribution < -0.4 is 0 Å². The molecule has 4 rings (SSSR count). The summed E-state index contributed by atoms with van der Waals surface area (Å²) in [5.74, 6) is 0.838. The van der Waals surface area contributed by atoms with Gasteiger partial charge in [0.15, 0.2) is 12.4 Å². The van der Waals surface area contributed by atoms with Crippen LogP contribution in [0.2, 0.25) is 0 Å². The lowest BCUT2D eigenvalue weighted by atomic mass is 10.0. The van der Waals surface area contributed by atoms with E-state index >= 15 is 0 Å². The highest BCUT2D eigenvalue weighted by Gasteiger charge is 2.28. The van der Waals surface area contributed by atoms with Crippen LogP contribution in [0.15, 0.2) is 70.1 Å². The molecular weight excluding hydrogens is 416 g/mol. The monoisotopic (exact) mass is 440 g/mol. The average molecular weight is 441 g/mol. The highest BCUT2D eigenvalue weighted by Crippen LogP contribution is 2.24. The molecule has 1 saturated heterocycles. The molecule has 162 valence electrons. The molecule has 0 unspecified atom stereocenters. The third-order valence-electron chi connectivity index (χ3n) is 5.41.